The standard InChI is InChI=1S/C13H25NO2/c1-9-3-5-11(6-4-9)7-10(2)12(8-14)13(15)16/h9-12H,3-8,14H2,1-2H3,(H,15,16). The SMILES string of the molecule is CC1CCC(CC(C)C(CN)C(=O)O)CC1. The number of hydrogen-bond acceptors (Lipinski definition) is 2. The maximum absolute atomic E-state index is 11.0. The van der Waals surface area contributed by atoms with Crippen molar-refractivity contribution in [3.05, 3.63) is 0 Å². The first kappa shape index (κ1) is 13.5. The summed E-state index contributed by atoms with van der Waals surface area (Å²) in [6, 6.07) is 0. The minimum absolute atomic E-state index is 0.209. The molecular formula is C13H25NO2. The van der Waals surface area contributed by atoms with Crippen LogP contribution in [0.5, 0.6) is 0 Å². The molecule has 1 fully saturated rings. The lowest BCUT2D eigenvalue weighted by atomic mass is 9.76. The Morgan fingerprint density at radius 2 is 1.94 bits per heavy atom. The van der Waals surface area contributed by atoms with E-state index in [1.165, 1.54) is 25.7 Å². The van der Waals surface area contributed by atoms with E-state index in [0.717, 1.165) is 18.3 Å². The van der Waals surface area contributed by atoms with Crippen molar-refractivity contribution in [2.75, 3.05) is 6.54 Å². The van der Waals surface area contributed by atoms with Crippen LogP contribution in [-0.2, 0) is 4.79 Å². The third kappa shape index (κ3) is 3.78. The summed E-state index contributed by atoms with van der Waals surface area (Å²) in [5.41, 5.74) is 5.52. The molecule has 94 valence electrons. The number of carboxylic acids is 1. The Hall–Kier alpha value is -0.570. The molecular weight excluding hydrogens is 202 g/mol. The van der Waals surface area contributed by atoms with Crippen molar-refractivity contribution in [2.45, 2.75) is 46.0 Å². The number of nitrogens with two attached hydrogens (primary N) is 1. The first-order valence-electron chi connectivity index (χ1n) is 6.47. The van der Waals surface area contributed by atoms with E-state index < -0.39 is 5.97 Å². The summed E-state index contributed by atoms with van der Waals surface area (Å²) in [6.07, 6.45) is 6.17. The van der Waals surface area contributed by atoms with Gasteiger partial charge in [-0.1, -0.05) is 39.5 Å². The highest BCUT2D eigenvalue weighted by atomic mass is 16.4. The molecule has 1 aliphatic carbocycles. The van der Waals surface area contributed by atoms with Gasteiger partial charge in [-0.05, 0) is 24.2 Å². The van der Waals surface area contributed by atoms with Gasteiger partial charge in [-0.25, -0.2) is 0 Å². The van der Waals surface area contributed by atoms with Crippen molar-refractivity contribution in [1.82, 2.24) is 0 Å². The summed E-state index contributed by atoms with van der Waals surface area (Å²) in [5.74, 6) is 0.690. The first-order chi connectivity index (χ1) is 7.54. The Labute approximate surface area is 98.4 Å². The smallest absolute Gasteiger partial charge is 0.308 e. The number of carbonyl (C=O) groups is 1. The van der Waals surface area contributed by atoms with Crippen molar-refractivity contribution in [3.8, 4) is 0 Å². The van der Waals surface area contributed by atoms with Gasteiger partial charge >= 0.3 is 5.97 Å². The zero-order valence-electron chi connectivity index (χ0n) is 10.5. The molecule has 3 N–H and O–H groups in total. The molecule has 1 aliphatic rings. The largest absolute Gasteiger partial charge is 0.481 e. The zero-order valence-corrected chi connectivity index (χ0v) is 10.5. The number of carboxylic acid groups (broad SMARTS) is 1. The van der Waals surface area contributed by atoms with E-state index in [9.17, 15) is 4.79 Å². The van der Waals surface area contributed by atoms with Gasteiger partial charge in [0.2, 0.25) is 0 Å². The summed E-state index contributed by atoms with van der Waals surface area (Å²) in [7, 11) is 0. The summed E-state index contributed by atoms with van der Waals surface area (Å²) in [5, 5.41) is 9.04. The molecule has 3 heteroatoms. The Bertz CT molecular complexity index is 222. The van der Waals surface area contributed by atoms with Gasteiger partial charge in [0.1, 0.15) is 0 Å². The number of rotatable bonds is 5. The van der Waals surface area contributed by atoms with E-state index in [0.29, 0.717) is 0 Å². The molecule has 1 rings (SSSR count). The van der Waals surface area contributed by atoms with Crippen molar-refractivity contribution >= 4 is 5.97 Å². The summed E-state index contributed by atoms with van der Waals surface area (Å²) in [6.45, 7) is 4.60. The highest BCUT2D eigenvalue weighted by Crippen LogP contribution is 2.33. The van der Waals surface area contributed by atoms with E-state index in [-0.39, 0.29) is 18.4 Å². The predicted octanol–water partition coefficient (Wildman–Crippen LogP) is 2.50. The second-order valence-corrected chi connectivity index (χ2v) is 5.52. The van der Waals surface area contributed by atoms with Crippen molar-refractivity contribution in [1.29, 1.82) is 0 Å². The second-order valence-electron chi connectivity index (χ2n) is 5.52. The molecule has 0 saturated heterocycles. The molecule has 16 heavy (non-hydrogen) atoms. The third-order valence-corrected chi connectivity index (χ3v) is 4.10. The predicted molar refractivity (Wildman–Crippen MR) is 65.1 cm³/mol. The molecule has 0 radical (unpaired) electrons. The fourth-order valence-electron chi connectivity index (χ4n) is 2.83. The Kier molecular flexibility index (Phi) is 5.26. The van der Waals surface area contributed by atoms with E-state index in [2.05, 4.69) is 6.92 Å². The number of hydrogen-bond donors (Lipinski definition) is 2. The van der Waals surface area contributed by atoms with Crippen LogP contribution in [0.1, 0.15) is 46.0 Å². The van der Waals surface area contributed by atoms with E-state index in [1.54, 1.807) is 0 Å². The molecule has 0 aromatic rings. The van der Waals surface area contributed by atoms with E-state index in [4.69, 9.17) is 10.8 Å². The average molecular weight is 227 g/mol. The van der Waals surface area contributed by atoms with Crippen LogP contribution in [0.4, 0.5) is 0 Å². The van der Waals surface area contributed by atoms with Gasteiger partial charge in [0.05, 0.1) is 5.92 Å². The fraction of sp³-hybridized carbons (Fsp3) is 0.923. The van der Waals surface area contributed by atoms with Gasteiger partial charge in [0, 0.05) is 6.54 Å². The van der Waals surface area contributed by atoms with Crippen LogP contribution < -0.4 is 5.73 Å². The molecule has 2 atom stereocenters. The van der Waals surface area contributed by atoms with Crippen LogP contribution in [0.3, 0.4) is 0 Å². The second kappa shape index (κ2) is 6.24. The molecule has 0 aromatic heterocycles. The maximum Gasteiger partial charge on any atom is 0.308 e. The van der Waals surface area contributed by atoms with Crippen molar-refractivity contribution < 1.29 is 9.90 Å². The zero-order chi connectivity index (χ0) is 12.1. The topological polar surface area (TPSA) is 63.3 Å². The quantitative estimate of drug-likeness (QED) is 0.758. The van der Waals surface area contributed by atoms with Crippen LogP contribution >= 0.6 is 0 Å². The van der Waals surface area contributed by atoms with Gasteiger partial charge in [-0.15, -0.1) is 0 Å². The lowest BCUT2D eigenvalue weighted by molar-refractivity contribution is -0.143. The van der Waals surface area contributed by atoms with Gasteiger partial charge in [0.25, 0.3) is 0 Å². The third-order valence-electron chi connectivity index (χ3n) is 4.10. The average Bonchev–Trinajstić information content (AvgIpc) is 2.22. The molecule has 0 aliphatic heterocycles. The summed E-state index contributed by atoms with van der Waals surface area (Å²) in [4.78, 5) is 11.0. The monoisotopic (exact) mass is 227 g/mol. The van der Waals surface area contributed by atoms with Crippen molar-refractivity contribution in [3.63, 3.8) is 0 Å². The Morgan fingerprint density at radius 1 is 1.38 bits per heavy atom. The normalized spacial score (nSPS) is 29.7. The minimum atomic E-state index is -0.737. The molecule has 0 spiro atoms. The lowest BCUT2D eigenvalue weighted by Crippen LogP contribution is -2.31. The molecule has 0 heterocycles. The van der Waals surface area contributed by atoms with E-state index in [1.807, 2.05) is 6.92 Å². The van der Waals surface area contributed by atoms with Gasteiger partial charge in [-0.2, -0.15) is 0 Å². The summed E-state index contributed by atoms with van der Waals surface area (Å²) < 4.78 is 0. The number of aliphatic carboxylic acids is 1. The molecule has 2 unspecified atom stereocenters. The molecule has 0 bridgehead atoms. The molecule has 0 amide bonds. The fourth-order valence-corrected chi connectivity index (χ4v) is 2.83. The molecule has 3 nitrogen and oxygen atoms in total. The van der Waals surface area contributed by atoms with Crippen LogP contribution in [-0.4, -0.2) is 17.6 Å². The molecule has 0 aromatic carbocycles. The molecule has 1 saturated carbocycles. The van der Waals surface area contributed by atoms with Crippen molar-refractivity contribution in [2.24, 2.45) is 29.4 Å². The van der Waals surface area contributed by atoms with Crippen LogP contribution in [0.2, 0.25) is 0 Å². The first-order valence-corrected chi connectivity index (χ1v) is 6.47. The van der Waals surface area contributed by atoms with E-state index >= 15 is 0 Å². The minimum Gasteiger partial charge on any atom is -0.481 e. The Morgan fingerprint density at radius 3 is 2.38 bits per heavy atom. The highest BCUT2D eigenvalue weighted by Gasteiger charge is 2.27. The maximum atomic E-state index is 11.0. The van der Waals surface area contributed by atoms with Gasteiger partial charge in [0.15, 0.2) is 0 Å². The van der Waals surface area contributed by atoms with Gasteiger partial charge in [-0.3, -0.25) is 4.79 Å². The highest BCUT2D eigenvalue weighted by molar-refractivity contribution is 5.70. The Balaban J connectivity index is 2.38. The summed E-state index contributed by atoms with van der Waals surface area (Å²) >= 11 is 0. The van der Waals surface area contributed by atoms with Crippen LogP contribution in [0, 0.1) is 23.7 Å². The lowest BCUT2D eigenvalue weighted by Gasteiger charge is -2.29. The van der Waals surface area contributed by atoms with Gasteiger partial charge < -0.3 is 10.8 Å². The van der Waals surface area contributed by atoms with Crippen LogP contribution in [0.15, 0.2) is 0 Å². The van der Waals surface area contributed by atoms with Crippen LogP contribution in [0.25, 0.3) is 0 Å².